The van der Waals surface area contributed by atoms with Crippen LogP contribution in [0.1, 0.15) is 32.3 Å². The number of phosphoric ester groups is 3. The van der Waals surface area contributed by atoms with Gasteiger partial charge in [-0.3, -0.25) is 32.5 Å². The molecule has 3 aromatic rings. The van der Waals surface area contributed by atoms with E-state index in [4.69, 9.17) is 23.9 Å². The quantitative estimate of drug-likeness (QED) is 0.0385. The zero-order valence-corrected chi connectivity index (χ0v) is 33.4. The van der Waals surface area contributed by atoms with Gasteiger partial charge in [0.2, 0.25) is 16.9 Å². The predicted molar refractivity (Wildman–Crippen MR) is 195 cm³/mol. The SMILES string of the molecule is CC(C)(COP(=O)(O)OP(=O)(O)OC[C@H]1O[C@@H](n2cnc3c(N)ncnc32)[C@H](O)[C@@H]1OP(=O)(O)O)[C@@H](O)C(=O)NCCC(=O)NCCSC(=O)/C=C/c1ccco1. The minimum Gasteiger partial charge on any atom is -0.465 e. The van der Waals surface area contributed by atoms with Gasteiger partial charge in [0.15, 0.2) is 17.7 Å². The van der Waals surface area contributed by atoms with E-state index >= 15 is 0 Å². The highest BCUT2D eigenvalue weighted by atomic mass is 32.2. The van der Waals surface area contributed by atoms with Gasteiger partial charge < -0.3 is 55.3 Å². The van der Waals surface area contributed by atoms with Crippen LogP contribution in [0, 0.1) is 5.41 Å². The number of amides is 2. The molecule has 0 radical (unpaired) electrons. The number of aliphatic hydroxyl groups excluding tert-OH is 2. The highest BCUT2D eigenvalue weighted by molar-refractivity contribution is 8.14. The van der Waals surface area contributed by atoms with Crippen LogP contribution in [-0.2, 0) is 50.7 Å². The number of rotatable bonds is 21. The number of nitrogens with two attached hydrogens (primary N) is 1. The maximum absolute atomic E-state index is 12.7. The van der Waals surface area contributed by atoms with Gasteiger partial charge in [-0.2, -0.15) is 4.31 Å². The van der Waals surface area contributed by atoms with E-state index in [-0.39, 0.29) is 47.4 Å². The van der Waals surface area contributed by atoms with Crippen molar-refractivity contribution in [2.75, 3.05) is 37.8 Å². The van der Waals surface area contributed by atoms with Crippen molar-refractivity contribution in [2.24, 2.45) is 5.41 Å². The molecule has 7 atom stereocenters. The van der Waals surface area contributed by atoms with Crippen molar-refractivity contribution in [3.05, 3.63) is 42.9 Å². The summed E-state index contributed by atoms with van der Waals surface area (Å²) in [5.74, 6) is -0.720. The van der Waals surface area contributed by atoms with Gasteiger partial charge in [-0.1, -0.05) is 25.6 Å². The van der Waals surface area contributed by atoms with Crippen molar-refractivity contribution < 1.29 is 84.9 Å². The molecule has 25 nitrogen and oxygen atoms in total. The van der Waals surface area contributed by atoms with Crippen molar-refractivity contribution in [3.63, 3.8) is 0 Å². The Morgan fingerprint density at radius 1 is 1.09 bits per heavy atom. The number of anilines is 1. The Kier molecular flexibility index (Phi) is 15.9. The van der Waals surface area contributed by atoms with Gasteiger partial charge in [0, 0.05) is 30.7 Å². The average molecular weight is 888 g/mol. The largest absolute Gasteiger partial charge is 0.481 e. The van der Waals surface area contributed by atoms with E-state index in [0.717, 1.165) is 29.0 Å². The van der Waals surface area contributed by atoms with Crippen LogP contribution >= 0.6 is 35.2 Å². The summed E-state index contributed by atoms with van der Waals surface area (Å²) in [7, 11) is -16.4. The minimum absolute atomic E-state index is 0.0269. The van der Waals surface area contributed by atoms with Gasteiger partial charge in [0.25, 0.3) is 0 Å². The van der Waals surface area contributed by atoms with E-state index in [1.54, 1.807) is 12.1 Å². The Morgan fingerprint density at radius 2 is 1.81 bits per heavy atom. The molecule has 29 heteroatoms. The van der Waals surface area contributed by atoms with Gasteiger partial charge in [-0.05, 0) is 24.3 Å². The first-order chi connectivity index (χ1) is 26.6. The lowest BCUT2D eigenvalue weighted by molar-refractivity contribution is -0.137. The van der Waals surface area contributed by atoms with Crippen LogP contribution in [0.3, 0.4) is 0 Å². The van der Waals surface area contributed by atoms with Crippen LogP contribution in [0.15, 0.2) is 41.5 Å². The number of thioether (sulfide) groups is 1. The summed E-state index contributed by atoms with van der Waals surface area (Å²) >= 11 is 0.964. The third kappa shape index (κ3) is 13.8. The Balaban J connectivity index is 1.22. The number of hydrogen-bond acceptors (Lipinski definition) is 19. The molecule has 4 heterocycles. The predicted octanol–water partition coefficient (Wildman–Crippen LogP) is -0.0289. The summed E-state index contributed by atoms with van der Waals surface area (Å²) < 4.78 is 67.2. The number of fused-ring (bicyclic) bond motifs is 1. The number of nitrogens with zero attached hydrogens (tertiary/aromatic N) is 4. The third-order valence-electron chi connectivity index (χ3n) is 7.67. The highest BCUT2D eigenvalue weighted by Gasteiger charge is 2.50. The molecule has 0 aliphatic carbocycles. The van der Waals surface area contributed by atoms with Crippen molar-refractivity contribution in [1.82, 2.24) is 30.2 Å². The molecule has 2 unspecified atom stereocenters. The van der Waals surface area contributed by atoms with E-state index in [1.165, 1.54) is 32.3 Å². The lowest BCUT2D eigenvalue weighted by Crippen LogP contribution is -2.46. The maximum atomic E-state index is 12.7. The lowest BCUT2D eigenvalue weighted by Gasteiger charge is -2.30. The summed E-state index contributed by atoms with van der Waals surface area (Å²) in [4.78, 5) is 87.5. The van der Waals surface area contributed by atoms with Crippen molar-refractivity contribution >= 4 is 75.2 Å². The van der Waals surface area contributed by atoms with E-state index in [1.807, 2.05) is 0 Å². The second-order valence-corrected chi connectivity index (χ2v) is 17.9. The summed E-state index contributed by atoms with van der Waals surface area (Å²) in [6.45, 7) is 0.389. The fraction of sp³-hybridized carbons (Fsp3) is 0.500. The van der Waals surface area contributed by atoms with Crippen LogP contribution in [-0.4, -0.2) is 123 Å². The Hall–Kier alpha value is -3.42. The van der Waals surface area contributed by atoms with Gasteiger partial charge in [0.1, 0.15) is 42.0 Å². The maximum Gasteiger partial charge on any atom is 0.481 e. The molecule has 2 amide bonds. The van der Waals surface area contributed by atoms with Gasteiger partial charge >= 0.3 is 23.5 Å². The summed E-state index contributed by atoms with van der Waals surface area (Å²) in [5, 5.41) is 26.1. The standard InChI is InChI=1S/C28H40N7O18P3S/c1-28(2,23(39)26(40)31-8-7-18(36)30-9-11-57-19(37)6-5-16-4-3-10-48-16)13-50-56(46,47)53-55(44,45)49-12-17-22(52-54(41,42)43)21(38)27(51-17)35-15-34-20-24(29)32-14-33-25(20)35/h3-6,10,14-15,17,21-23,27,38-39H,7-9,11-13H2,1-2H3,(H,30,36)(H,31,40)(H,44,45)(H,46,47)(H2,29,32,33)(H2,41,42,43)/b6-5+/t17-,21-,22-,23+,27-/m1/s1. The molecule has 1 aliphatic heterocycles. The van der Waals surface area contributed by atoms with E-state index in [2.05, 4.69) is 34.4 Å². The number of phosphoric acid groups is 3. The zero-order valence-electron chi connectivity index (χ0n) is 29.9. The smallest absolute Gasteiger partial charge is 0.465 e. The number of hydrogen-bond donors (Lipinski definition) is 9. The molecule has 316 valence electrons. The summed E-state index contributed by atoms with van der Waals surface area (Å²) in [6.07, 6.45) is -2.68. The second-order valence-electron chi connectivity index (χ2n) is 12.6. The number of imidazole rings is 1. The molecule has 1 fully saturated rings. The highest BCUT2D eigenvalue weighted by Crippen LogP contribution is 2.61. The average Bonchev–Trinajstić information content (AvgIpc) is 3.87. The van der Waals surface area contributed by atoms with E-state index in [0.29, 0.717) is 5.76 Å². The van der Waals surface area contributed by atoms with Crippen molar-refractivity contribution in [1.29, 1.82) is 0 Å². The van der Waals surface area contributed by atoms with Crippen LogP contribution in [0.5, 0.6) is 0 Å². The van der Waals surface area contributed by atoms with Gasteiger partial charge in [-0.15, -0.1) is 0 Å². The molecule has 4 rings (SSSR count). The number of nitrogens with one attached hydrogen (secondary N) is 2. The Bertz CT molecular complexity index is 2050. The normalized spacial score (nSPS) is 21.6. The first-order valence-electron chi connectivity index (χ1n) is 16.3. The summed E-state index contributed by atoms with van der Waals surface area (Å²) in [6, 6.07) is 3.35. The fourth-order valence-electron chi connectivity index (χ4n) is 4.87. The molecule has 1 saturated heterocycles. The zero-order chi connectivity index (χ0) is 42.2. The first-order valence-corrected chi connectivity index (χ1v) is 21.9. The number of carbonyl (C=O) groups is 3. The van der Waals surface area contributed by atoms with Gasteiger partial charge in [-0.25, -0.2) is 28.6 Å². The van der Waals surface area contributed by atoms with Crippen LogP contribution < -0.4 is 16.4 Å². The fourth-order valence-corrected chi connectivity index (χ4v) is 8.26. The van der Waals surface area contributed by atoms with Crippen LogP contribution in [0.25, 0.3) is 17.2 Å². The van der Waals surface area contributed by atoms with Crippen molar-refractivity contribution in [3.8, 4) is 0 Å². The summed E-state index contributed by atoms with van der Waals surface area (Å²) in [5.41, 5.74) is 4.24. The van der Waals surface area contributed by atoms with E-state index in [9.17, 15) is 57.9 Å². The number of ether oxygens (including phenoxy) is 1. The molecule has 1 aliphatic rings. The Labute approximate surface area is 326 Å². The molecule has 0 bridgehead atoms. The molecule has 3 aromatic heterocycles. The number of aromatic nitrogens is 4. The van der Waals surface area contributed by atoms with E-state index < -0.39 is 84.6 Å². The molecular weight excluding hydrogens is 847 g/mol. The first kappa shape index (κ1) is 46.3. The lowest BCUT2D eigenvalue weighted by atomic mass is 9.87. The molecule has 0 saturated carbocycles. The second kappa shape index (κ2) is 19.6. The third-order valence-corrected chi connectivity index (χ3v) is 11.6. The van der Waals surface area contributed by atoms with Crippen LogP contribution in [0.4, 0.5) is 5.82 Å². The number of aliphatic hydroxyl groups is 2. The molecular formula is C28H40N7O18P3S. The molecule has 10 N–H and O–H groups in total. The van der Waals surface area contributed by atoms with Crippen molar-refractivity contribution in [2.45, 2.75) is 50.9 Å². The molecule has 0 spiro atoms. The number of furan rings is 1. The minimum atomic E-state index is -5.58. The number of nitrogen functional groups attached to an aromatic ring is 1. The molecule has 0 aromatic carbocycles. The Morgan fingerprint density at radius 3 is 2.49 bits per heavy atom. The monoisotopic (exact) mass is 887 g/mol. The number of carbonyl (C=O) groups excluding carboxylic acids is 3. The topological polar surface area (TPSA) is 377 Å². The molecule has 57 heavy (non-hydrogen) atoms. The van der Waals surface area contributed by atoms with Crippen LogP contribution in [0.2, 0.25) is 0 Å². The van der Waals surface area contributed by atoms with Gasteiger partial charge in [0.05, 0.1) is 25.8 Å².